The molecule has 0 amide bonds. The van der Waals surface area contributed by atoms with Gasteiger partial charge in [-0.1, -0.05) is 13.0 Å². The minimum absolute atomic E-state index is 0.443. The van der Waals surface area contributed by atoms with Gasteiger partial charge in [-0.25, -0.2) is 0 Å². The molecule has 0 spiro atoms. The van der Waals surface area contributed by atoms with Gasteiger partial charge in [-0.15, -0.1) is 0 Å². The van der Waals surface area contributed by atoms with E-state index in [1.807, 2.05) is 20.2 Å². The molecule has 2 nitrogen and oxygen atoms in total. The van der Waals surface area contributed by atoms with Gasteiger partial charge in [0.1, 0.15) is 0 Å². The summed E-state index contributed by atoms with van der Waals surface area (Å²) in [5.74, 6) is 0. The van der Waals surface area contributed by atoms with Crippen molar-refractivity contribution in [2.24, 2.45) is 0 Å². The number of pyridine rings is 1. The van der Waals surface area contributed by atoms with Crippen molar-refractivity contribution in [2.45, 2.75) is 26.3 Å². The zero-order chi connectivity index (χ0) is 8.97. The van der Waals surface area contributed by atoms with Crippen molar-refractivity contribution in [3.8, 4) is 0 Å². The molecule has 0 fully saturated rings. The minimum Gasteiger partial charge on any atom is -0.313 e. The molecule has 2 heteroatoms. The van der Waals surface area contributed by atoms with Gasteiger partial charge in [-0.3, -0.25) is 4.98 Å². The van der Waals surface area contributed by atoms with Crippen LogP contribution in [0.4, 0.5) is 0 Å². The highest BCUT2D eigenvalue weighted by atomic mass is 14.9. The molecule has 66 valence electrons. The van der Waals surface area contributed by atoms with Gasteiger partial charge >= 0.3 is 0 Å². The van der Waals surface area contributed by atoms with Crippen LogP contribution in [0.25, 0.3) is 0 Å². The van der Waals surface area contributed by atoms with Crippen molar-refractivity contribution in [3.63, 3.8) is 0 Å². The van der Waals surface area contributed by atoms with Crippen molar-refractivity contribution in [1.82, 2.24) is 10.3 Å². The molecule has 0 saturated heterocycles. The summed E-state index contributed by atoms with van der Waals surface area (Å²) in [7, 11) is 1.98. The Bertz CT molecular complexity index is 224. The van der Waals surface area contributed by atoms with Crippen LogP contribution >= 0.6 is 0 Å². The smallest absolute Gasteiger partial charge is 0.0372 e. The Balaban J connectivity index is 2.80. The Kier molecular flexibility index (Phi) is 3.23. The number of hydrogen-bond donors (Lipinski definition) is 1. The summed E-state index contributed by atoms with van der Waals surface area (Å²) in [5.41, 5.74) is 2.34. The van der Waals surface area contributed by atoms with Gasteiger partial charge in [-0.2, -0.15) is 0 Å². The van der Waals surface area contributed by atoms with E-state index in [1.165, 1.54) is 5.56 Å². The van der Waals surface area contributed by atoms with E-state index in [4.69, 9.17) is 0 Å². The molecule has 0 aliphatic carbocycles. The third-order valence-electron chi connectivity index (χ3n) is 2.09. The first-order valence-electron chi connectivity index (χ1n) is 4.37. The van der Waals surface area contributed by atoms with Crippen molar-refractivity contribution >= 4 is 0 Å². The van der Waals surface area contributed by atoms with Crippen LogP contribution in [-0.4, -0.2) is 12.0 Å². The first kappa shape index (κ1) is 9.20. The highest BCUT2D eigenvalue weighted by Crippen LogP contribution is 2.14. The van der Waals surface area contributed by atoms with Crippen LogP contribution in [0.1, 0.15) is 30.6 Å². The second-order valence-corrected chi connectivity index (χ2v) is 2.98. The molecule has 1 aromatic rings. The quantitative estimate of drug-likeness (QED) is 0.739. The van der Waals surface area contributed by atoms with Crippen molar-refractivity contribution in [3.05, 3.63) is 29.6 Å². The Labute approximate surface area is 74.0 Å². The molecule has 1 unspecified atom stereocenters. The zero-order valence-corrected chi connectivity index (χ0v) is 7.96. The Morgan fingerprint density at radius 2 is 2.25 bits per heavy atom. The van der Waals surface area contributed by atoms with Gasteiger partial charge < -0.3 is 5.32 Å². The van der Waals surface area contributed by atoms with Crippen LogP contribution in [0.15, 0.2) is 18.3 Å². The third kappa shape index (κ3) is 2.05. The average Bonchev–Trinajstić information content (AvgIpc) is 2.10. The fourth-order valence-electron chi connectivity index (χ4n) is 1.29. The van der Waals surface area contributed by atoms with Gasteiger partial charge in [0.25, 0.3) is 0 Å². The maximum Gasteiger partial charge on any atom is 0.0372 e. The molecule has 1 atom stereocenters. The van der Waals surface area contributed by atoms with Crippen LogP contribution in [0.5, 0.6) is 0 Å². The summed E-state index contributed by atoms with van der Waals surface area (Å²) >= 11 is 0. The van der Waals surface area contributed by atoms with E-state index in [0.717, 1.165) is 12.1 Å². The molecule has 0 aromatic carbocycles. The van der Waals surface area contributed by atoms with Crippen molar-refractivity contribution < 1.29 is 0 Å². The largest absolute Gasteiger partial charge is 0.313 e. The first-order chi connectivity index (χ1) is 5.77. The lowest BCUT2D eigenvalue weighted by Crippen LogP contribution is -2.15. The molecule has 0 aliphatic rings. The molecule has 1 rings (SSSR count). The Hall–Kier alpha value is -0.890. The summed E-state index contributed by atoms with van der Waals surface area (Å²) in [6, 6.07) is 4.63. The Morgan fingerprint density at radius 1 is 1.50 bits per heavy atom. The molecular formula is C10H16N2. The fourth-order valence-corrected chi connectivity index (χ4v) is 1.29. The highest BCUT2D eigenvalue weighted by molar-refractivity contribution is 5.16. The van der Waals surface area contributed by atoms with E-state index in [0.29, 0.717) is 6.04 Å². The molecule has 1 aromatic heterocycles. The van der Waals surface area contributed by atoms with Gasteiger partial charge in [0.2, 0.25) is 0 Å². The third-order valence-corrected chi connectivity index (χ3v) is 2.09. The van der Waals surface area contributed by atoms with Crippen LogP contribution < -0.4 is 5.32 Å². The predicted octanol–water partition coefficient (Wildman–Crippen LogP) is 2.06. The molecule has 0 saturated carbocycles. The fraction of sp³-hybridized carbons (Fsp3) is 0.500. The van der Waals surface area contributed by atoms with Gasteiger partial charge in [0.05, 0.1) is 0 Å². The lowest BCUT2D eigenvalue weighted by atomic mass is 10.1. The highest BCUT2D eigenvalue weighted by Gasteiger charge is 2.04. The van der Waals surface area contributed by atoms with Gasteiger partial charge in [-0.05, 0) is 32.0 Å². The lowest BCUT2D eigenvalue weighted by molar-refractivity contribution is 0.574. The first-order valence-corrected chi connectivity index (χ1v) is 4.37. The van der Waals surface area contributed by atoms with Crippen LogP contribution in [-0.2, 0) is 0 Å². The lowest BCUT2D eigenvalue weighted by Gasteiger charge is -2.13. The summed E-state index contributed by atoms with van der Waals surface area (Å²) in [6.07, 6.45) is 3.04. The molecule has 0 bridgehead atoms. The molecule has 1 heterocycles. The normalized spacial score (nSPS) is 12.9. The summed E-state index contributed by atoms with van der Waals surface area (Å²) < 4.78 is 0. The number of nitrogens with zero attached hydrogens (tertiary/aromatic N) is 1. The SMILES string of the molecule is CCC(NC)c1ccc(C)nc1. The van der Waals surface area contributed by atoms with E-state index >= 15 is 0 Å². The summed E-state index contributed by atoms with van der Waals surface area (Å²) in [4.78, 5) is 4.26. The minimum atomic E-state index is 0.443. The van der Waals surface area contributed by atoms with E-state index < -0.39 is 0 Å². The number of aryl methyl sites for hydroxylation is 1. The number of hydrogen-bond acceptors (Lipinski definition) is 2. The molecule has 1 N–H and O–H groups in total. The summed E-state index contributed by atoms with van der Waals surface area (Å²) in [5, 5.41) is 3.25. The van der Waals surface area contributed by atoms with Crippen molar-refractivity contribution in [2.75, 3.05) is 7.05 Å². The zero-order valence-electron chi connectivity index (χ0n) is 7.96. The van der Waals surface area contributed by atoms with E-state index in [2.05, 4.69) is 29.4 Å². The molecule has 12 heavy (non-hydrogen) atoms. The number of aromatic nitrogens is 1. The number of rotatable bonds is 3. The number of nitrogens with one attached hydrogen (secondary N) is 1. The maximum atomic E-state index is 4.26. The molecular weight excluding hydrogens is 148 g/mol. The second kappa shape index (κ2) is 4.21. The standard InChI is InChI=1S/C10H16N2/c1-4-10(11-3)9-6-5-8(2)12-7-9/h5-7,10-11H,4H2,1-3H3. The maximum absolute atomic E-state index is 4.26. The van der Waals surface area contributed by atoms with Gasteiger partial charge in [0.15, 0.2) is 0 Å². The van der Waals surface area contributed by atoms with E-state index in [-0.39, 0.29) is 0 Å². The second-order valence-electron chi connectivity index (χ2n) is 2.98. The topological polar surface area (TPSA) is 24.9 Å². The van der Waals surface area contributed by atoms with E-state index in [1.54, 1.807) is 0 Å². The summed E-state index contributed by atoms with van der Waals surface area (Å²) in [6.45, 7) is 4.17. The van der Waals surface area contributed by atoms with Crippen LogP contribution in [0, 0.1) is 6.92 Å². The van der Waals surface area contributed by atoms with Gasteiger partial charge in [0, 0.05) is 17.9 Å². The van der Waals surface area contributed by atoms with Crippen LogP contribution in [0.3, 0.4) is 0 Å². The van der Waals surface area contributed by atoms with E-state index in [9.17, 15) is 0 Å². The monoisotopic (exact) mass is 164 g/mol. The Morgan fingerprint density at radius 3 is 2.67 bits per heavy atom. The predicted molar refractivity (Wildman–Crippen MR) is 51.1 cm³/mol. The molecule has 0 radical (unpaired) electrons. The molecule has 0 aliphatic heterocycles. The average molecular weight is 164 g/mol. The van der Waals surface area contributed by atoms with Crippen LogP contribution in [0.2, 0.25) is 0 Å². The van der Waals surface area contributed by atoms with Crippen molar-refractivity contribution in [1.29, 1.82) is 0 Å².